The molecule has 0 aliphatic carbocycles. The van der Waals surface area contributed by atoms with E-state index in [0.29, 0.717) is 11.3 Å². The Labute approximate surface area is 86.1 Å². The van der Waals surface area contributed by atoms with Crippen molar-refractivity contribution in [1.29, 1.82) is 0 Å². The Hall–Kier alpha value is -1.84. The molecule has 0 fully saturated rings. The minimum atomic E-state index is -2.77. The van der Waals surface area contributed by atoms with Crippen molar-refractivity contribution >= 4 is 17.6 Å². The number of amides is 1. The molecule has 0 atom stereocenters. The Morgan fingerprint density at radius 1 is 1.36 bits per heavy atom. The number of ether oxygens (including phenoxy) is 1. The minimum absolute atomic E-state index is 0.0957. The van der Waals surface area contributed by atoms with Crippen molar-refractivity contribution in [3.05, 3.63) is 29.8 Å². The molecule has 0 radical (unpaired) electrons. The predicted octanol–water partition coefficient (Wildman–Crippen LogP) is 2.07. The molecule has 1 aromatic rings. The van der Waals surface area contributed by atoms with Gasteiger partial charge in [-0.3, -0.25) is 10.1 Å². The summed E-state index contributed by atoms with van der Waals surface area (Å²) in [5, 5.41) is 2.23. The lowest BCUT2D eigenvalue weighted by Crippen LogP contribution is -2.10. The average Bonchev–Trinajstić information content (AvgIpc) is 2.15. The van der Waals surface area contributed by atoms with Crippen molar-refractivity contribution in [3.8, 4) is 0 Å². The van der Waals surface area contributed by atoms with E-state index in [4.69, 9.17) is 4.11 Å². The lowest BCUT2D eigenvalue weighted by molar-refractivity contribution is 0.101. The molecular formula is C10H11NO3. The molecule has 0 bridgehead atoms. The van der Waals surface area contributed by atoms with Crippen LogP contribution in [0.1, 0.15) is 21.4 Å². The number of hydrogen-bond acceptors (Lipinski definition) is 3. The molecule has 1 aromatic carbocycles. The number of rotatable bonds is 2. The van der Waals surface area contributed by atoms with E-state index in [1.54, 1.807) is 0 Å². The first kappa shape index (κ1) is 6.59. The van der Waals surface area contributed by atoms with Gasteiger partial charge < -0.3 is 4.74 Å². The van der Waals surface area contributed by atoms with Crippen LogP contribution in [0.2, 0.25) is 0 Å². The topological polar surface area (TPSA) is 55.4 Å². The number of benzene rings is 1. The number of ketones is 1. The first-order valence-electron chi connectivity index (χ1n) is 5.39. The summed E-state index contributed by atoms with van der Waals surface area (Å²) >= 11 is 0. The minimum Gasteiger partial charge on any atom is -0.453 e. The third-order valence-electron chi connectivity index (χ3n) is 1.63. The second kappa shape index (κ2) is 4.41. The average molecular weight is 196 g/mol. The third-order valence-corrected chi connectivity index (χ3v) is 1.63. The van der Waals surface area contributed by atoms with Gasteiger partial charge in [0.25, 0.3) is 0 Å². The summed E-state index contributed by atoms with van der Waals surface area (Å²) < 4.78 is 24.3. The number of methoxy groups -OCH3 is 1. The molecule has 0 heterocycles. The summed E-state index contributed by atoms with van der Waals surface area (Å²) in [6.45, 7) is 1.42. The summed E-state index contributed by atoms with van der Waals surface area (Å²) in [6, 6.07) is 6.01. The lowest BCUT2D eigenvalue weighted by atomic mass is 10.1. The lowest BCUT2D eigenvalue weighted by Gasteiger charge is -2.03. The first-order chi connectivity index (χ1) is 7.78. The molecule has 14 heavy (non-hydrogen) atoms. The molecular weight excluding hydrogens is 182 g/mol. The summed E-state index contributed by atoms with van der Waals surface area (Å²) in [4.78, 5) is 22.1. The van der Waals surface area contributed by atoms with Crippen LogP contribution in [0, 0.1) is 0 Å². The normalized spacial score (nSPS) is 13.4. The Balaban J connectivity index is 2.64. The fourth-order valence-electron chi connectivity index (χ4n) is 0.932. The van der Waals surface area contributed by atoms with Crippen LogP contribution < -0.4 is 5.32 Å². The van der Waals surface area contributed by atoms with Crippen LogP contribution in [-0.2, 0) is 4.74 Å². The number of nitrogens with one attached hydrogen (secondary N) is 1. The number of hydrogen-bond donors (Lipinski definition) is 1. The van der Waals surface area contributed by atoms with E-state index in [-0.39, 0.29) is 5.78 Å². The van der Waals surface area contributed by atoms with Gasteiger partial charge >= 0.3 is 6.09 Å². The van der Waals surface area contributed by atoms with Gasteiger partial charge in [0.1, 0.15) is 0 Å². The van der Waals surface area contributed by atoms with Crippen LogP contribution in [0.15, 0.2) is 24.3 Å². The van der Waals surface area contributed by atoms with Gasteiger partial charge in [-0.15, -0.1) is 0 Å². The standard InChI is InChI=1S/C10H11NO3/c1-7(12)8-3-5-9(6-4-8)11-10(13)14-2/h3-6H,1-2H3,(H,11,13)/i2D3. The highest BCUT2D eigenvalue weighted by Gasteiger charge is 2.01. The van der Waals surface area contributed by atoms with Crippen molar-refractivity contribution in [2.75, 3.05) is 12.4 Å². The quantitative estimate of drug-likeness (QED) is 0.736. The zero-order valence-electron chi connectivity index (χ0n) is 10.5. The molecule has 0 unspecified atom stereocenters. The zero-order chi connectivity index (χ0) is 13.1. The summed E-state index contributed by atoms with van der Waals surface area (Å²) in [6.07, 6.45) is -1.07. The van der Waals surface area contributed by atoms with Gasteiger partial charge in [-0.1, -0.05) is 0 Å². The van der Waals surface area contributed by atoms with Gasteiger partial charge in [0.2, 0.25) is 0 Å². The van der Waals surface area contributed by atoms with E-state index in [2.05, 4.69) is 10.1 Å². The highest BCUT2D eigenvalue weighted by atomic mass is 16.5. The van der Waals surface area contributed by atoms with E-state index in [1.165, 1.54) is 31.2 Å². The molecule has 0 aliphatic heterocycles. The maximum absolute atomic E-state index is 11.1. The van der Waals surface area contributed by atoms with Crippen LogP contribution in [0.4, 0.5) is 10.5 Å². The highest BCUT2D eigenvalue weighted by Crippen LogP contribution is 2.09. The van der Waals surface area contributed by atoms with E-state index in [0.717, 1.165) is 0 Å². The number of Topliss-reactive ketones (excluding diaryl/α,β-unsaturated/α-hetero) is 1. The summed E-state index contributed by atoms with van der Waals surface area (Å²) in [7, 11) is -2.77. The third kappa shape index (κ3) is 2.58. The molecule has 4 heteroatoms. The van der Waals surface area contributed by atoms with Crippen LogP contribution in [0.5, 0.6) is 0 Å². The number of carbonyl (C=O) groups excluding carboxylic acids is 2. The summed E-state index contributed by atoms with van der Waals surface area (Å²) in [5.41, 5.74) is 0.851. The Morgan fingerprint density at radius 2 is 2.00 bits per heavy atom. The molecule has 1 amide bonds. The molecule has 74 valence electrons. The van der Waals surface area contributed by atoms with Gasteiger partial charge in [0.05, 0.1) is 11.2 Å². The fourth-order valence-corrected chi connectivity index (χ4v) is 0.932. The number of carbonyl (C=O) groups is 2. The van der Waals surface area contributed by atoms with Gasteiger partial charge in [-0.25, -0.2) is 4.79 Å². The van der Waals surface area contributed by atoms with E-state index in [1.807, 2.05) is 0 Å². The molecule has 0 aliphatic rings. The molecule has 1 rings (SSSR count). The van der Waals surface area contributed by atoms with E-state index in [9.17, 15) is 9.59 Å². The second-order valence-electron chi connectivity index (χ2n) is 2.65. The van der Waals surface area contributed by atoms with Crippen molar-refractivity contribution in [2.45, 2.75) is 6.92 Å². The monoisotopic (exact) mass is 196 g/mol. The van der Waals surface area contributed by atoms with E-state index < -0.39 is 13.1 Å². The van der Waals surface area contributed by atoms with Gasteiger partial charge in [-0.05, 0) is 31.2 Å². The molecule has 0 saturated heterocycles. The number of anilines is 1. The van der Waals surface area contributed by atoms with Crippen molar-refractivity contribution in [2.24, 2.45) is 0 Å². The Morgan fingerprint density at radius 3 is 2.50 bits per heavy atom. The molecule has 0 aromatic heterocycles. The predicted molar refractivity (Wildman–Crippen MR) is 52.5 cm³/mol. The first-order valence-corrected chi connectivity index (χ1v) is 3.89. The maximum atomic E-state index is 11.1. The zero-order valence-corrected chi connectivity index (χ0v) is 7.53. The van der Waals surface area contributed by atoms with Gasteiger partial charge in [0, 0.05) is 11.3 Å². The molecule has 0 saturated carbocycles. The Bertz CT molecular complexity index is 425. The van der Waals surface area contributed by atoms with Crippen LogP contribution >= 0.6 is 0 Å². The highest BCUT2D eigenvalue weighted by molar-refractivity contribution is 5.94. The van der Waals surface area contributed by atoms with Crippen LogP contribution in [-0.4, -0.2) is 18.9 Å². The van der Waals surface area contributed by atoms with E-state index >= 15 is 0 Å². The van der Waals surface area contributed by atoms with Crippen molar-refractivity contribution in [1.82, 2.24) is 0 Å². The van der Waals surface area contributed by atoms with Crippen LogP contribution in [0.25, 0.3) is 0 Å². The molecule has 1 N–H and O–H groups in total. The smallest absolute Gasteiger partial charge is 0.411 e. The fraction of sp³-hybridized carbons (Fsp3) is 0.200. The van der Waals surface area contributed by atoms with Gasteiger partial charge in [0.15, 0.2) is 5.78 Å². The summed E-state index contributed by atoms with van der Waals surface area (Å²) in [5.74, 6) is -0.0957. The molecule has 0 spiro atoms. The van der Waals surface area contributed by atoms with Crippen LogP contribution in [0.3, 0.4) is 0 Å². The van der Waals surface area contributed by atoms with Crippen molar-refractivity contribution in [3.63, 3.8) is 0 Å². The molecule has 4 nitrogen and oxygen atoms in total. The van der Waals surface area contributed by atoms with Gasteiger partial charge in [-0.2, -0.15) is 0 Å². The second-order valence-corrected chi connectivity index (χ2v) is 2.65. The van der Waals surface area contributed by atoms with Crippen molar-refractivity contribution < 1.29 is 18.4 Å². The maximum Gasteiger partial charge on any atom is 0.411 e. The Kier molecular flexibility index (Phi) is 2.08. The SMILES string of the molecule is [2H]C([2H])([2H])OC(=O)Nc1ccc(C(C)=O)cc1. The largest absolute Gasteiger partial charge is 0.453 e.